The van der Waals surface area contributed by atoms with Crippen LogP contribution in [0.25, 0.3) is 0 Å². The van der Waals surface area contributed by atoms with Crippen molar-refractivity contribution in [2.24, 2.45) is 0 Å². The quantitative estimate of drug-likeness (QED) is 0.761. The van der Waals surface area contributed by atoms with Gasteiger partial charge in [-0.15, -0.1) is 0 Å². The van der Waals surface area contributed by atoms with E-state index in [-0.39, 0.29) is 0 Å². The first-order valence-corrected chi connectivity index (χ1v) is 6.88. The molecule has 0 aliphatic heterocycles. The van der Waals surface area contributed by atoms with Crippen LogP contribution < -0.4 is 11.1 Å². The SMILES string of the molecule is CCCC(COC)NC1CCc2cc(N)ccc21. The highest BCUT2D eigenvalue weighted by atomic mass is 16.5. The van der Waals surface area contributed by atoms with E-state index < -0.39 is 0 Å². The van der Waals surface area contributed by atoms with E-state index in [1.807, 2.05) is 6.07 Å². The molecule has 100 valence electrons. The number of methoxy groups -OCH3 is 1. The third-order valence-electron chi connectivity index (χ3n) is 3.69. The van der Waals surface area contributed by atoms with Crippen molar-refractivity contribution < 1.29 is 4.74 Å². The zero-order chi connectivity index (χ0) is 13.0. The van der Waals surface area contributed by atoms with Gasteiger partial charge in [-0.05, 0) is 42.5 Å². The Hall–Kier alpha value is -1.06. The predicted molar refractivity (Wildman–Crippen MR) is 75.6 cm³/mol. The highest BCUT2D eigenvalue weighted by molar-refractivity contribution is 5.47. The summed E-state index contributed by atoms with van der Waals surface area (Å²) in [6, 6.07) is 7.21. The number of anilines is 1. The van der Waals surface area contributed by atoms with Crippen LogP contribution in [0.15, 0.2) is 18.2 Å². The van der Waals surface area contributed by atoms with Crippen LogP contribution in [0.1, 0.15) is 43.4 Å². The minimum absolute atomic E-state index is 0.452. The third-order valence-corrected chi connectivity index (χ3v) is 3.69. The van der Waals surface area contributed by atoms with Crippen molar-refractivity contribution in [2.45, 2.75) is 44.7 Å². The zero-order valence-corrected chi connectivity index (χ0v) is 11.4. The maximum absolute atomic E-state index is 5.83. The van der Waals surface area contributed by atoms with Gasteiger partial charge in [-0.25, -0.2) is 0 Å². The summed E-state index contributed by atoms with van der Waals surface area (Å²) < 4.78 is 5.29. The van der Waals surface area contributed by atoms with Gasteiger partial charge in [-0.3, -0.25) is 0 Å². The number of hydrogen-bond donors (Lipinski definition) is 2. The van der Waals surface area contributed by atoms with E-state index in [0.29, 0.717) is 12.1 Å². The molecule has 1 aliphatic carbocycles. The summed E-state index contributed by atoms with van der Waals surface area (Å²) in [5.74, 6) is 0. The normalized spacial score (nSPS) is 19.8. The molecule has 0 fully saturated rings. The van der Waals surface area contributed by atoms with Crippen LogP contribution in [-0.2, 0) is 11.2 Å². The van der Waals surface area contributed by atoms with Crippen LogP contribution in [0.5, 0.6) is 0 Å². The standard InChI is InChI=1S/C15H24N2O/c1-3-4-13(10-18-2)17-15-8-5-11-9-12(16)6-7-14(11)15/h6-7,9,13,15,17H,3-5,8,10,16H2,1-2H3. The number of aryl methyl sites for hydroxylation is 1. The molecular formula is C15H24N2O. The van der Waals surface area contributed by atoms with E-state index in [1.54, 1.807) is 7.11 Å². The molecule has 0 heterocycles. The lowest BCUT2D eigenvalue weighted by Gasteiger charge is -2.23. The number of ether oxygens (including phenoxy) is 1. The lowest BCUT2D eigenvalue weighted by Crippen LogP contribution is -2.35. The topological polar surface area (TPSA) is 47.3 Å². The highest BCUT2D eigenvalue weighted by Crippen LogP contribution is 2.32. The number of nitrogens with one attached hydrogen (secondary N) is 1. The second kappa shape index (κ2) is 6.21. The molecule has 0 bridgehead atoms. The van der Waals surface area contributed by atoms with E-state index in [2.05, 4.69) is 24.4 Å². The Kier molecular flexibility index (Phi) is 4.61. The summed E-state index contributed by atoms with van der Waals surface area (Å²) in [6.07, 6.45) is 4.64. The van der Waals surface area contributed by atoms with Gasteiger partial charge in [0.2, 0.25) is 0 Å². The van der Waals surface area contributed by atoms with E-state index in [1.165, 1.54) is 24.0 Å². The van der Waals surface area contributed by atoms with E-state index in [0.717, 1.165) is 25.1 Å². The number of nitrogens with two attached hydrogens (primary N) is 1. The number of nitrogen functional groups attached to an aromatic ring is 1. The molecule has 3 N–H and O–H groups in total. The molecule has 2 unspecified atom stereocenters. The Bertz CT molecular complexity index is 386. The summed E-state index contributed by atoms with van der Waals surface area (Å²) in [5, 5.41) is 3.73. The van der Waals surface area contributed by atoms with Gasteiger partial charge in [-0.2, -0.15) is 0 Å². The van der Waals surface area contributed by atoms with Gasteiger partial charge in [-0.1, -0.05) is 19.4 Å². The molecule has 2 atom stereocenters. The molecule has 2 rings (SSSR count). The molecule has 0 aromatic heterocycles. The molecule has 0 saturated carbocycles. The van der Waals surface area contributed by atoms with Crippen molar-refractivity contribution in [3.8, 4) is 0 Å². The lowest BCUT2D eigenvalue weighted by atomic mass is 10.1. The van der Waals surface area contributed by atoms with Gasteiger partial charge in [0, 0.05) is 24.9 Å². The number of benzene rings is 1. The van der Waals surface area contributed by atoms with Crippen molar-refractivity contribution in [3.63, 3.8) is 0 Å². The lowest BCUT2D eigenvalue weighted by molar-refractivity contribution is 0.155. The number of fused-ring (bicyclic) bond motifs is 1. The van der Waals surface area contributed by atoms with Crippen LogP contribution in [0.2, 0.25) is 0 Å². The van der Waals surface area contributed by atoms with E-state index >= 15 is 0 Å². The first-order valence-electron chi connectivity index (χ1n) is 6.88. The Morgan fingerprint density at radius 3 is 3.06 bits per heavy atom. The van der Waals surface area contributed by atoms with Crippen LogP contribution in [0, 0.1) is 0 Å². The molecule has 1 aromatic rings. The van der Waals surface area contributed by atoms with Crippen molar-refractivity contribution in [3.05, 3.63) is 29.3 Å². The third kappa shape index (κ3) is 3.03. The summed E-state index contributed by atoms with van der Waals surface area (Å²) in [6.45, 7) is 3.00. The summed E-state index contributed by atoms with van der Waals surface area (Å²) >= 11 is 0. The largest absolute Gasteiger partial charge is 0.399 e. The second-order valence-corrected chi connectivity index (χ2v) is 5.16. The smallest absolute Gasteiger partial charge is 0.0616 e. The molecule has 3 nitrogen and oxygen atoms in total. The van der Waals surface area contributed by atoms with Gasteiger partial charge >= 0.3 is 0 Å². The van der Waals surface area contributed by atoms with E-state index in [9.17, 15) is 0 Å². The molecule has 0 radical (unpaired) electrons. The first-order chi connectivity index (χ1) is 8.74. The van der Waals surface area contributed by atoms with Crippen molar-refractivity contribution >= 4 is 5.69 Å². The van der Waals surface area contributed by atoms with Crippen LogP contribution >= 0.6 is 0 Å². The molecule has 0 spiro atoms. The highest BCUT2D eigenvalue weighted by Gasteiger charge is 2.24. The molecule has 0 amide bonds. The van der Waals surface area contributed by atoms with Gasteiger partial charge < -0.3 is 15.8 Å². The Labute approximate surface area is 110 Å². The summed E-state index contributed by atoms with van der Waals surface area (Å²) in [4.78, 5) is 0. The average molecular weight is 248 g/mol. The first kappa shape index (κ1) is 13.4. The minimum atomic E-state index is 0.452. The Morgan fingerprint density at radius 2 is 2.33 bits per heavy atom. The minimum Gasteiger partial charge on any atom is -0.399 e. The molecule has 3 heteroatoms. The van der Waals surface area contributed by atoms with Crippen LogP contribution in [-0.4, -0.2) is 19.8 Å². The Morgan fingerprint density at radius 1 is 1.50 bits per heavy atom. The number of hydrogen-bond acceptors (Lipinski definition) is 3. The van der Waals surface area contributed by atoms with Gasteiger partial charge in [0.25, 0.3) is 0 Å². The monoisotopic (exact) mass is 248 g/mol. The molecule has 1 aromatic carbocycles. The van der Waals surface area contributed by atoms with Crippen molar-refractivity contribution in [2.75, 3.05) is 19.5 Å². The average Bonchev–Trinajstić information content (AvgIpc) is 2.72. The van der Waals surface area contributed by atoms with Crippen LogP contribution in [0.3, 0.4) is 0 Å². The van der Waals surface area contributed by atoms with Crippen molar-refractivity contribution in [1.82, 2.24) is 5.32 Å². The molecule has 1 aliphatic rings. The van der Waals surface area contributed by atoms with Gasteiger partial charge in [0.05, 0.1) is 6.61 Å². The Balaban J connectivity index is 2.03. The fourth-order valence-electron chi connectivity index (χ4n) is 2.86. The van der Waals surface area contributed by atoms with Crippen molar-refractivity contribution in [1.29, 1.82) is 0 Å². The molecule has 18 heavy (non-hydrogen) atoms. The zero-order valence-electron chi connectivity index (χ0n) is 11.4. The maximum atomic E-state index is 5.83. The molecular weight excluding hydrogens is 224 g/mol. The van der Waals surface area contributed by atoms with Crippen LogP contribution in [0.4, 0.5) is 5.69 Å². The predicted octanol–water partition coefficient (Wildman–Crippen LogP) is 2.66. The number of rotatable bonds is 6. The summed E-state index contributed by atoms with van der Waals surface area (Å²) in [5.41, 5.74) is 9.53. The fourth-order valence-corrected chi connectivity index (χ4v) is 2.86. The maximum Gasteiger partial charge on any atom is 0.0616 e. The van der Waals surface area contributed by atoms with Gasteiger partial charge in [0.1, 0.15) is 0 Å². The summed E-state index contributed by atoms with van der Waals surface area (Å²) in [7, 11) is 1.77. The second-order valence-electron chi connectivity index (χ2n) is 5.16. The van der Waals surface area contributed by atoms with E-state index in [4.69, 9.17) is 10.5 Å². The fraction of sp³-hybridized carbons (Fsp3) is 0.600. The van der Waals surface area contributed by atoms with Gasteiger partial charge in [0.15, 0.2) is 0 Å². The molecule has 0 saturated heterocycles.